The van der Waals surface area contributed by atoms with Crippen molar-refractivity contribution in [1.82, 2.24) is 5.32 Å². The van der Waals surface area contributed by atoms with Crippen LogP contribution in [-0.2, 0) is 11.4 Å². The Morgan fingerprint density at radius 1 is 0.973 bits per heavy atom. The normalized spacial score (nSPS) is 12.9. The third-order valence-electron chi connectivity index (χ3n) is 5.42. The number of carboxylic acid groups (broad SMARTS) is 1. The molecular weight excluding hydrogens is 501 g/mol. The summed E-state index contributed by atoms with van der Waals surface area (Å²) in [5, 5.41) is 12.7. The first-order chi connectivity index (χ1) is 17.2. The van der Waals surface area contributed by atoms with Crippen LogP contribution >= 0.6 is 0 Å². The lowest BCUT2D eigenvalue weighted by Gasteiger charge is -2.28. The first-order valence-corrected chi connectivity index (χ1v) is 11.0. The molecule has 3 aromatic carbocycles. The minimum absolute atomic E-state index is 0.0776. The Morgan fingerprint density at radius 2 is 1.59 bits per heavy atom. The van der Waals surface area contributed by atoms with Gasteiger partial charge in [0.25, 0.3) is 12.3 Å². The Bertz CT molecular complexity index is 1280. The minimum Gasteiger partial charge on any atom is -0.487 e. The highest BCUT2D eigenvalue weighted by Crippen LogP contribution is 2.34. The standard InChI is InChI=1S/C26H24F5NO5/c1-25(2,3)21(24(34)35)32-23(33)18-11-8-15-6-7-16(22(27)28)12-19(15)20(18)36-13-14-4-9-17(10-5-14)37-26(29,30)31/h4-12,21-22H,13H2,1-3H3,(H,32,33)(H,34,35). The highest BCUT2D eigenvalue weighted by Gasteiger charge is 2.34. The van der Waals surface area contributed by atoms with Gasteiger partial charge in [-0.1, -0.05) is 51.1 Å². The van der Waals surface area contributed by atoms with E-state index < -0.39 is 41.9 Å². The molecule has 0 fully saturated rings. The molecule has 6 nitrogen and oxygen atoms in total. The van der Waals surface area contributed by atoms with Crippen LogP contribution in [0.25, 0.3) is 10.8 Å². The van der Waals surface area contributed by atoms with Gasteiger partial charge in [0.15, 0.2) is 0 Å². The van der Waals surface area contributed by atoms with Crippen LogP contribution in [0, 0.1) is 5.41 Å². The van der Waals surface area contributed by atoms with E-state index in [1.165, 1.54) is 42.5 Å². The van der Waals surface area contributed by atoms with Gasteiger partial charge < -0.3 is 19.9 Å². The van der Waals surface area contributed by atoms with Crippen LogP contribution in [0.2, 0.25) is 0 Å². The van der Waals surface area contributed by atoms with E-state index in [4.69, 9.17) is 4.74 Å². The van der Waals surface area contributed by atoms with Crippen LogP contribution in [0.1, 0.15) is 48.7 Å². The fourth-order valence-corrected chi connectivity index (χ4v) is 3.58. The van der Waals surface area contributed by atoms with E-state index in [1.807, 2.05) is 0 Å². The van der Waals surface area contributed by atoms with E-state index in [9.17, 15) is 36.6 Å². The lowest BCUT2D eigenvalue weighted by Crippen LogP contribution is -2.49. The van der Waals surface area contributed by atoms with Crippen LogP contribution < -0.4 is 14.8 Å². The largest absolute Gasteiger partial charge is 0.573 e. The first kappa shape index (κ1) is 27.7. The van der Waals surface area contributed by atoms with Crippen molar-refractivity contribution in [2.45, 2.75) is 46.2 Å². The van der Waals surface area contributed by atoms with Crippen molar-refractivity contribution < 1.29 is 46.1 Å². The molecule has 3 aromatic rings. The maximum Gasteiger partial charge on any atom is 0.573 e. The summed E-state index contributed by atoms with van der Waals surface area (Å²) in [4.78, 5) is 24.9. The van der Waals surface area contributed by atoms with Gasteiger partial charge in [0.05, 0.1) is 5.56 Å². The van der Waals surface area contributed by atoms with Crippen LogP contribution in [0.3, 0.4) is 0 Å². The zero-order chi connectivity index (χ0) is 27.5. The average Bonchev–Trinajstić information content (AvgIpc) is 2.79. The van der Waals surface area contributed by atoms with Crippen molar-refractivity contribution in [3.63, 3.8) is 0 Å². The second kappa shape index (κ2) is 10.6. The molecule has 0 radical (unpaired) electrons. The SMILES string of the molecule is CC(C)(C)C(NC(=O)c1ccc2ccc(C(F)F)cc2c1OCc1ccc(OC(F)(F)F)cc1)C(=O)O. The third kappa shape index (κ3) is 7.08. The Kier molecular flexibility index (Phi) is 7.94. The molecule has 0 aliphatic heterocycles. The number of benzene rings is 3. The van der Waals surface area contributed by atoms with Crippen LogP contribution in [0.4, 0.5) is 22.0 Å². The first-order valence-electron chi connectivity index (χ1n) is 11.0. The number of hydrogen-bond acceptors (Lipinski definition) is 4. The molecule has 1 unspecified atom stereocenters. The zero-order valence-electron chi connectivity index (χ0n) is 20.0. The Balaban J connectivity index is 1.99. The maximum atomic E-state index is 13.4. The van der Waals surface area contributed by atoms with Gasteiger partial charge in [-0.3, -0.25) is 4.79 Å². The number of fused-ring (bicyclic) bond motifs is 1. The quantitative estimate of drug-likeness (QED) is 0.329. The van der Waals surface area contributed by atoms with Crippen molar-refractivity contribution in [2.75, 3.05) is 0 Å². The molecule has 0 heterocycles. The molecule has 0 aliphatic rings. The molecule has 0 spiro atoms. The Labute approximate surface area is 209 Å². The van der Waals surface area contributed by atoms with Crippen LogP contribution in [-0.4, -0.2) is 29.4 Å². The van der Waals surface area contributed by atoms with Gasteiger partial charge in [0.1, 0.15) is 24.1 Å². The average molecular weight is 525 g/mol. The number of hydrogen-bond donors (Lipinski definition) is 2. The summed E-state index contributed by atoms with van der Waals surface area (Å²) in [5.74, 6) is -2.57. The van der Waals surface area contributed by atoms with Crippen molar-refractivity contribution in [3.05, 3.63) is 71.3 Å². The fourth-order valence-electron chi connectivity index (χ4n) is 3.58. The third-order valence-corrected chi connectivity index (χ3v) is 5.42. The van der Waals surface area contributed by atoms with E-state index >= 15 is 0 Å². The number of halogens is 5. The Morgan fingerprint density at radius 3 is 2.14 bits per heavy atom. The van der Waals surface area contributed by atoms with Gasteiger partial charge in [-0.15, -0.1) is 13.2 Å². The maximum absolute atomic E-state index is 13.4. The monoisotopic (exact) mass is 525 g/mol. The lowest BCUT2D eigenvalue weighted by atomic mass is 9.86. The van der Waals surface area contributed by atoms with E-state index in [1.54, 1.807) is 20.8 Å². The molecular formula is C26H24F5NO5. The number of nitrogens with one attached hydrogen (secondary N) is 1. The number of carboxylic acids is 1. The summed E-state index contributed by atoms with van der Waals surface area (Å²) in [6.45, 7) is 4.66. The number of rotatable bonds is 8. The van der Waals surface area contributed by atoms with Gasteiger partial charge >= 0.3 is 12.3 Å². The van der Waals surface area contributed by atoms with Gasteiger partial charge in [-0.05, 0) is 40.6 Å². The molecule has 11 heteroatoms. The molecule has 37 heavy (non-hydrogen) atoms. The van der Waals surface area contributed by atoms with E-state index in [0.717, 1.165) is 12.1 Å². The number of ether oxygens (including phenoxy) is 2. The number of carbonyl (C=O) groups excluding carboxylic acids is 1. The summed E-state index contributed by atoms with van der Waals surface area (Å²) in [6, 6.07) is 10.3. The molecule has 0 saturated heterocycles. The van der Waals surface area contributed by atoms with Gasteiger partial charge in [-0.25, -0.2) is 13.6 Å². The number of aliphatic carboxylic acids is 1. The predicted octanol–water partition coefficient (Wildman–Crippen LogP) is 6.48. The minimum atomic E-state index is -4.85. The highest BCUT2D eigenvalue weighted by atomic mass is 19.4. The van der Waals surface area contributed by atoms with E-state index in [0.29, 0.717) is 10.9 Å². The van der Waals surface area contributed by atoms with E-state index in [-0.39, 0.29) is 28.9 Å². The molecule has 198 valence electrons. The van der Waals surface area contributed by atoms with Crippen molar-refractivity contribution in [3.8, 4) is 11.5 Å². The van der Waals surface area contributed by atoms with Crippen molar-refractivity contribution >= 4 is 22.6 Å². The summed E-state index contributed by atoms with van der Waals surface area (Å²) in [5.41, 5.74) is -0.850. The smallest absolute Gasteiger partial charge is 0.487 e. The molecule has 0 saturated carbocycles. The van der Waals surface area contributed by atoms with Gasteiger partial charge in [0.2, 0.25) is 0 Å². The molecule has 1 amide bonds. The molecule has 0 bridgehead atoms. The van der Waals surface area contributed by atoms with Gasteiger partial charge in [0, 0.05) is 10.9 Å². The molecule has 0 aliphatic carbocycles. The summed E-state index contributed by atoms with van der Waals surface area (Å²) in [7, 11) is 0. The zero-order valence-corrected chi connectivity index (χ0v) is 20.0. The fraction of sp³-hybridized carbons (Fsp3) is 0.308. The Hall–Kier alpha value is -3.89. The summed E-state index contributed by atoms with van der Waals surface area (Å²) in [6.07, 6.45) is -7.65. The lowest BCUT2D eigenvalue weighted by molar-refractivity contribution is -0.274. The molecule has 0 aromatic heterocycles. The van der Waals surface area contributed by atoms with Crippen molar-refractivity contribution in [2.24, 2.45) is 5.41 Å². The number of amides is 1. The highest BCUT2D eigenvalue weighted by molar-refractivity contribution is 6.05. The molecule has 2 N–H and O–H groups in total. The summed E-state index contributed by atoms with van der Waals surface area (Å²) < 4.78 is 73.7. The summed E-state index contributed by atoms with van der Waals surface area (Å²) >= 11 is 0. The van der Waals surface area contributed by atoms with E-state index in [2.05, 4.69) is 10.1 Å². The molecule has 1 atom stereocenters. The van der Waals surface area contributed by atoms with Crippen molar-refractivity contribution in [1.29, 1.82) is 0 Å². The predicted molar refractivity (Wildman–Crippen MR) is 125 cm³/mol. The number of carbonyl (C=O) groups is 2. The second-order valence-corrected chi connectivity index (χ2v) is 9.31. The topological polar surface area (TPSA) is 84.9 Å². The molecule has 3 rings (SSSR count). The van der Waals surface area contributed by atoms with Crippen LogP contribution in [0.15, 0.2) is 54.6 Å². The van der Waals surface area contributed by atoms with Crippen LogP contribution in [0.5, 0.6) is 11.5 Å². The second-order valence-electron chi connectivity index (χ2n) is 9.31. The van der Waals surface area contributed by atoms with Gasteiger partial charge in [-0.2, -0.15) is 0 Å². The number of alkyl halides is 5.